The highest BCUT2D eigenvalue weighted by molar-refractivity contribution is 9.10. The average Bonchev–Trinajstić information content (AvgIpc) is 2.34. The lowest BCUT2D eigenvalue weighted by atomic mass is 10.1. The van der Waals surface area contributed by atoms with Gasteiger partial charge in [-0.3, -0.25) is 4.79 Å². The highest BCUT2D eigenvalue weighted by Gasteiger charge is 2.29. The van der Waals surface area contributed by atoms with Crippen molar-refractivity contribution in [2.45, 2.75) is 32.5 Å². The Morgan fingerprint density at radius 3 is 2.45 bits per heavy atom. The predicted octanol–water partition coefficient (Wildman–Crippen LogP) is 3.71. The van der Waals surface area contributed by atoms with Crippen LogP contribution in [0, 0.1) is 0 Å². The molecular weight excluding hydrogens is 327 g/mol. The van der Waals surface area contributed by atoms with Crippen LogP contribution in [-0.4, -0.2) is 23.5 Å². The molecule has 0 amide bonds. The van der Waals surface area contributed by atoms with E-state index in [1.165, 1.54) is 6.08 Å². The molecule has 1 aromatic rings. The third kappa shape index (κ3) is 5.25. The molecule has 0 spiro atoms. The fourth-order valence-corrected chi connectivity index (χ4v) is 1.75. The molecule has 20 heavy (non-hydrogen) atoms. The molecule has 5 heteroatoms. The lowest BCUT2D eigenvalue weighted by Crippen LogP contribution is -2.33. The van der Waals surface area contributed by atoms with E-state index in [2.05, 4.69) is 15.9 Å². The maximum Gasteiger partial charge on any atom is 0.349 e. The summed E-state index contributed by atoms with van der Waals surface area (Å²) in [5.41, 5.74) is -0.106. The van der Waals surface area contributed by atoms with Gasteiger partial charge in [-0.15, -0.1) is 0 Å². The maximum absolute atomic E-state index is 13.6. The number of benzene rings is 1. The zero-order chi connectivity index (χ0) is 15.3. The Morgan fingerprint density at radius 2 is 1.90 bits per heavy atom. The molecule has 0 N–H and O–H groups in total. The van der Waals surface area contributed by atoms with E-state index in [1.807, 2.05) is 6.07 Å². The van der Waals surface area contributed by atoms with Gasteiger partial charge in [0.2, 0.25) is 5.78 Å². The summed E-state index contributed by atoms with van der Waals surface area (Å²) in [5, 5.41) is 0. The van der Waals surface area contributed by atoms with Crippen molar-refractivity contribution in [3.05, 3.63) is 40.4 Å². The van der Waals surface area contributed by atoms with Crippen LogP contribution in [0.4, 0.5) is 4.39 Å². The smallest absolute Gasteiger partial charge is 0.349 e. The van der Waals surface area contributed by atoms with Crippen LogP contribution in [0.3, 0.4) is 0 Å². The van der Waals surface area contributed by atoms with E-state index in [-0.39, 0.29) is 0 Å². The fraction of sp³-hybridized carbons (Fsp3) is 0.333. The molecule has 0 radical (unpaired) electrons. The van der Waals surface area contributed by atoms with Gasteiger partial charge in [-0.1, -0.05) is 40.2 Å². The van der Waals surface area contributed by atoms with Crippen molar-refractivity contribution in [3.63, 3.8) is 0 Å². The number of ether oxygens (including phenoxy) is 1. The van der Waals surface area contributed by atoms with Gasteiger partial charge < -0.3 is 4.74 Å². The molecule has 1 rings (SSSR count). The third-order valence-corrected chi connectivity index (χ3v) is 2.92. The first kappa shape index (κ1) is 16.6. The second kappa shape index (κ2) is 6.79. The van der Waals surface area contributed by atoms with Gasteiger partial charge >= 0.3 is 5.97 Å². The number of hydrogen-bond donors (Lipinski definition) is 0. The average molecular weight is 343 g/mol. The first-order chi connectivity index (χ1) is 9.20. The van der Waals surface area contributed by atoms with Gasteiger partial charge in [-0.05, 0) is 38.5 Å². The summed E-state index contributed by atoms with van der Waals surface area (Å²) in [6.45, 7) is 4.83. The van der Waals surface area contributed by atoms with Gasteiger partial charge in [0.25, 0.3) is 6.17 Å². The van der Waals surface area contributed by atoms with Gasteiger partial charge in [0.1, 0.15) is 5.60 Å². The standard InChI is InChI=1S/C15H16BrFO3/c1-15(2,3)20-14(19)13(17)12(18)9-8-10-6-4-5-7-11(10)16/h4-9,13H,1-3H3/b9-8+. The molecule has 1 aromatic carbocycles. The maximum atomic E-state index is 13.6. The summed E-state index contributed by atoms with van der Waals surface area (Å²) in [6, 6.07) is 7.16. The van der Waals surface area contributed by atoms with Gasteiger partial charge in [-0.2, -0.15) is 0 Å². The Hall–Kier alpha value is -1.49. The summed E-state index contributed by atoms with van der Waals surface area (Å²) < 4.78 is 19.2. The Labute approximate surface area is 125 Å². The highest BCUT2D eigenvalue weighted by Crippen LogP contribution is 2.17. The largest absolute Gasteiger partial charge is 0.457 e. The number of halogens is 2. The number of alkyl halides is 1. The van der Waals surface area contributed by atoms with Crippen LogP contribution in [0.15, 0.2) is 34.8 Å². The van der Waals surface area contributed by atoms with Crippen LogP contribution in [-0.2, 0) is 14.3 Å². The van der Waals surface area contributed by atoms with E-state index in [4.69, 9.17) is 4.74 Å². The fourth-order valence-electron chi connectivity index (χ4n) is 1.34. The summed E-state index contributed by atoms with van der Waals surface area (Å²) in [7, 11) is 0. The highest BCUT2D eigenvalue weighted by atomic mass is 79.9. The summed E-state index contributed by atoms with van der Waals surface area (Å²) in [5.74, 6) is -2.10. The monoisotopic (exact) mass is 342 g/mol. The van der Waals surface area contributed by atoms with E-state index in [9.17, 15) is 14.0 Å². The number of ketones is 1. The molecular formula is C15H16BrFO3. The summed E-state index contributed by atoms with van der Waals surface area (Å²) in [4.78, 5) is 23.0. The topological polar surface area (TPSA) is 43.4 Å². The van der Waals surface area contributed by atoms with Crippen molar-refractivity contribution < 1.29 is 18.7 Å². The zero-order valence-corrected chi connectivity index (χ0v) is 13.1. The second-order valence-electron chi connectivity index (χ2n) is 5.15. The van der Waals surface area contributed by atoms with Crippen molar-refractivity contribution in [1.82, 2.24) is 0 Å². The molecule has 0 heterocycles. The summed E-state index contributed by atoms with van der Waals surface area (Å²) in [6.07, 6.45) is 0.186. The van der Waals surface area contributed by atoms with Crippen molar-refractivity contribution in [2.75, 3.05) is 0 Å². The lowest BCUT2D eigenvalue weighted by molar-refractivity contribution is -0.162. The molecule has 0 aromatic heterocycles. The van der Waals surface area contributed by atoms with Crippen LogP contribution in [0.2, 0.25) is 0 Å². The van der Waals surface area contributed by atoms with Gasteiger partial charge in [0.05, 0.1) is 0 Å². The van der Waals surface area contributed by atoms with Crippen LogP contribution in [0.25, 0.3) is 6.08 Å². The van der Waals surface area contributed by atoms with Crippen molar-refractivity contribution in [3.8, 4) is 0 Å². The molecule has 0 fully saturated rings. The number of carbonyl (C=O) groups excluding carboxylic acids is 2. The first-order valence-electron chi connectivity index (χ1n) is 6.04. The minimum atomic E-state index is -2.30. The molecule has 3 nitrogen and oxygen atoms in total. The quantitative estimate of drug-likeness (QED) is 0.476. The van der Waals surface area contributed by atoms with Gasteiger partial charge in [0.15, 0.2) is 0 Å². The van der Waals surface area contributed by atoms with E-state index >= 15 is 0 Å². The van der Waals surface area contributed by atoms with Crippen LogP contribution in [0.1, 0.15) is 26.3 Å². The Bertz CT molecular complexity index is 532. The minimum Gasteiger partial charge on any atom is -0.457 e. The second-order valence-corrected chi connectivity index (χ2v) is 6.01. The number of rotatable bonds is 4. The molecule has 0 aliphatic carbocycles. The van der Waals surface area contributed by atoms with Crippen molar-refractivity contribution in [1.29, 1.82) is 0 Å². The number of hydrogen-bond acceptors (Lipinski definition) is 3. The van der Waals surface area contributed by atoms with Crippen molar-refractivity contribution >= 4 is 33.8 Å². The molecule has 0 saturated heterocycles. The van der Waals surface area contributed by atoms with Crippen LogP contribution >= 0.6 is 15.9 Å². The third-order valence-electron chi connectivity index (χ3n) is 2.20. The van der Waals surface area contributed by atoms with Crippen LogP contribution in [0.5, 0.6) is 0 Å². The minimum absolute atomic E-state index is 0.720. The molecule has 1 unspecified atom stereocenters. The van der Waals surface area contributed by atoms with Crippen molar-refractivity contribution in [2.24, 2.45) is 0 Å². The van der Waals surface area contributed by atoms with Crippen LogP contribution < -0.4 is 0 Å². The Morgan fingerprint density at radius 1 is 1.30 bits per heavy atom. The Kier molecular flexibility index (Phi) is 5.62. The Balaban J connectivity index is 2.71. The lowest BCUT2D eigenvalue weighted by Gasteiger charge is -2.20. The molecule has 1 atom stereocenters. The van der Waals surface area contributed by atoms with E-state index < -0.39 is 23.5 Å². The summed E-state index contributed by atoms with van der Waals surface area (Å²) >= 11 is 3.30. The normalized spacial score (nSPS) is 13.2. The SMILES string of the molecule is CC(C)(C)OC(=O)C(F)C(=O)/C=C/c1ccccc1Br. The number of esters is 1. The first-order valence-corrected chi connectivity index (χ1v) is 6.83. The van der Waals surface area contributed by atoms with E-state index in [0.29, 0.717) is 0 Å². The number of allylic oxidation sites excluding steroid dienone is 1. The number of carbonyl (C=O) groups is 2. The molecule has 0 aliphatic heterocycles. The van der Waals surface area contributed by atoms with E-state index in [1.54, 1.807) is 39.0 Å². The predicted molar refractivity (Wildman–Crippen MR) is 78.9 cm³/mol. The van der Waals surface area contributed by atoms with E-state index in [0.717, 1.165) is 16.1 Å². The molecule has 0 saturated carbocycles. The molecule has 0 aliphatic rings. The zero-order valence-electron chi connectivity index (χ0n) is 11.5. The van der Waals surface area contributed by atoms with Gasteiger partial charge in [0, 0.05) is 4.47 Å². The molecule has 108 valence electrons. The molecule has 0 bridgehead atoms. The van der Waals surface area contributed by atoms with Gasteiger partial charge in [-0.25, -0.2) is 9.18 Å².